The van der Waals surface area contributed by atoms with Crippen molar-refractivity contribution in [2.24, 2.45) is 0 Å². The molecule has 0 fully saturated rings. The SMILES string of the molecule is C=C(C)COc1ccnc2c1n(-c1nc3c(cc1F)c(=O)ccn3C(C)CCC(C)O[Si](c1ccccc1)(c1ccccc1)C(C)(C)C)c(=O)n2COCC[Si](C)(C)C. The van der Waals surface area contributed by atoms with E-state index in [-0.39, 0.29) is 64.0 Å². The second-order valence-electron chi connectivity index (χ2n) is 17.9. The molecule has 0 amide bonds. The van der Waals surface area contributed by atoms with Crippen LogP contribution in [0.15, 0.2) is 113 Å². The van der Waals surface area contributed by atoms with Gasteiger partial charge in [-0.25, -0.2) is 23.7 Å². The van der Waals surface area contributed by atoms with Gasteiger partial charge in [-0.15, -0.1) is 0 Å². The number of nitrogens with zero attached hydrogens (tertiary/aromatic N) is 5. The first-order valence-corrected chi connectivity index (χ1v) is 26.0. The Balaban J connectivity index is 1.38. The van der Waals surface area contributed by atoms with Gasteiger partial charge in [0.1, 0.15) is 30.3 Å². The summed E-state index contributed by atoms with van der Waals surface area (Å²) < 4.78 is 40.3. The van der Waals surface area contributed by atoms with Crippen LogP contribution in [0, 0.1) is 5.82 Å². The summed E-state index contributed by atoms with van der Waals surface area (Å²) in [5.41, 5.74) is 0.557. The molecule has 0 radical (unpaired) electrons. The summed E-state index contributed by atoms with van der Waals surface area (Å²) in [5, 5.41) is 2.35. The van der Waals surface area contributed by atoms with Crippen LogP contribution >= 0.6 is 0 Å². The predicted octanol–water partition coefficient (Wildman–Crippen LogP) is 8.61. The van der Waals surface area contributed by atoms with E-state index in [2.05, 4.69) is 107 Å². The van der Waals surface area contributed by atoms with Crippen LogP contribution in [0.1, 0.15) is 60.4 Å². The van der Waals surface area contributed by atoms with Crippen LogP contribution in [0.3, 0.4) is 0 Å². The number of aromatic nitrogens is 5. The third-order valence-electron chi connectivity index (χ3n) is 10.8. The summed E-state index contributed by atoms with van der Waals surface area (Å²) in [6, 6.07) is 26.1. The number of pyridine rings is 3. The summed E-state index contributed by atoms with van der Waals surface area (Å²) in [5.74, 6) is -0.787. The number of benzene rings is 2. The standard InChI is InChI=1S/C46H58FN5O5Si2/c1-32(2)30-56-40-23-25-48-44-41(40)52(45(54)51(44)31-55-27-28-58(8,9)10)43-38(47)29-37-39(53)24-26-50(42(37)49-43)33(3)21-22-34(4)57-59(46(5,6)7,35-17-13-11-14-18-35)36-19-15-12-16-20-36/h11-20,23-26,29,33-34H,1,21-22,27-28,30-31H2,2-10H3. The maximum atomic E-state index is 16.4. The molecule has 0 bridgehead atoms. The van der Waals surface area contributed by atoms with E-state index < -0.39 is 27.9 Å². The van der Waals surface area contributed by atoms with Gasteiger partial charge in [-0.05, 0) is 66.7 Å². The second kappa shape index (κ2) is 17.7. The Morgan fingerprint density at radius 2 is 1.56 bits per heavy atom. The molecule has 2 unspecified atom stereocenters. The van der Waals surface area contributed by atoms with Crippen LogP contribution in [0.4, 0.5) is 4.39 Å². The van der Waals surface area contributed by atoms with Gasteiger partial charge in [-0.3, -0.25) is 9.36 Å². The number of hydrogen-bond donors (Lipinski definition) is 0. The third-order valence-corrected chi connectivity index (χ3v) is 17.6. The van der Waals surface area contributed by atoms with E-state index in [0.29, 0.717) is 25.2 Å². The lowest BCUT2D eigenvalue weighted by Crippen LogP contribution is -2.67. The van der Waals surface area contributed by atoms with Crippen LogP contribution in [0.25, 0.3) is 28.0 Å². The zero-order valence-electron chi connectivity index (χ0n) is 35.9. The molecule has 10 nitrogen and oxygen atoms in total. The molecule has 0 spiro atoms. The van der Waals surface area contributed by atoms with Crippen molar-refractivity contribution < 1.29 is 18.3 Å². The average Bonchev–Trinajstić information content (AvgIpc) is 3.47. The molecule has 59 heavy (non-hydrogen) atoms. The minimum absolute atomic E-state index is 0.0884. The lowest BCUT2D eigenvalue weighted by molar-refractivity contribution is 0.0871. The Morgan fingerprint density at radius 1 is 0.915 bits per heavy atom. The number of imidazole rings is 1. The van der Waals surface area contributed by atoms with E-state index in [1.54, 1.807) is 18.5 Å². The van der Waals surface area contributed by atoms with Crippen LogP contribution in [0.5, 0.6) is 5.75 Å². The van der Waals surface area contributed by atoms with E-state index >= 15 is 4.39 Å². The van der Waals surface area contributed by atoms with Gasteiger partial charge in [0.25, 0.3) is 8.32 Å². The summed E-state index contributed by atoms with van der Waals surface area (Å²) in [7, 11) is -4.20. The normalized spacial score (nSPS) is 13.5. The van der Waals surface area contributed by atoms with Gasteiger partial charge in [0, 0.05) is 51.4 Å². The van der Waals surface area contributed by atoms with Gasteiger partial charge in [-0.2, -0.15) is 0 Å². The summed E-state index contributed by atoms with van der Waals surface area (Å²) >= 11 is 0. The Morgan fingerprint density at radius 3 is 2.15 bits per heavy atom. The lowest BCUT2D eigenvalue weighted by atomic mass is 10.1. The first-order chi connectivity index (χ1) is 27.9. The Labute approximate surface area is 348 Å². The Bertz CT molecular complexity index is 2500. The van der Waals surface area contributed by atoms with Crippen molar-refractivity contribution in [3.8, 4) is 11.6 Å². The monoisotopic (exact) mass is 835 g/mol. The molecule has 0 aliphatic rings. The fraction of sp³-hybridized carbons (Fsp3) is 0.391. The molecule has 4 aromatic heterocycles. The third kappa shape index (κ3) is 9.28. The summed E-state index contributed by atoms with van der Waals surface area (Å²) in [4.78, 5) is 37.0. The largest absolute Gasteiger partial charge is 0.487 e. The van der Waals surface area contributed by atoms with Crippen molar-refractivity contribution in [1.29, 1.82) is 0 Å². The highest BCUT2D eigenvalue weighted by molar-refractivity contribution is 6.99. The molecule has 0 aliphatic heterocycles. The number of fused-ring (bicyclic) bond motifs is 2. The molecular weight excluding hydrogens is 778 g/mol. The van der Waals surface area contributed by atoms with Gasteiger partial charge in [-0.1, -0.05) is 108 Å². The van der Waals surface area contributed by atoms with Crippen LogP contribution in [-0.4, -0.2) is 59.4 Å². The van der Waals surface area contributed by atoms with Gasteiger partial charge in [0.05, 0.1) is 5.39 Å². The van der Waals surface area contributed by atoms with Crippen LogP contribution in [0.2, 0.25) is 30.7 Å². The molecule has 0 saturated carbocycles. The topological polar surface area (TPSA) is 102 Å². The molecule has 2 aromatic carbocycles. The van der Waals surface area contributed by atoms with E-state index in [1.807, 2.05) is 30.5 Å². The highest BCUT2D eigenvalue weighted by Crippen LogP contribution is 2.38. The number of ether oxygens (including phenoxy) is 2. The fourth-order valence-electron chi connectivity index (χ4n) is 7.64. The predicted molar refractivity (Wildman–Crippen MR) is 241 cm³/mol. The summed E-state index contributed by atoms with van der Waals surface area (Å²) in [6.07, 6.45) is 4.48. The lowest BCUT2D eigenvalue weighted by Gasteiger charge is -2.44. The molecule has 6 aromatic rings. The van der Waals surface area contributed by atoms with E-state index in [4.69, 9.17) is 18.9 Å². The van der Waals surface area contributed by atoms with Crippen LogP contribution < -0.4 is 26.2 Å². The van der Waals surface area contributed by atoms with Crippen LogP contribution in [-0.2, 0) is 15.9 Å². The van der Waals surface area contributed by atoms with Gasteiger partial charge in [0.2, 0.25) is 0 Å². The van der Waals surface area contributed by atoms with Crippen molar-refractivity contribution >= 4 is 49.0 Å². The molecule has 0 aliphatic carbocycles. The van der Waals surface area contributed by atoms with Crippen molar-refractivity contribution in [2.75, 3.05) is 13.2 Å². The molecule has 13 heteroatoms. The fourth-order valence-corrected chi connectivity index (χ4v) is 13.1. The van der Waals surface area contributed by atoms with Crippen molar-refractivity contribution in [2.45, 2.75) is 104 Å². The van der Waals surface area contributed by atoms with E-state index in [1.165, 1.54) is 31.6 Å². The first kappa shape index (κ1) is 43.6. The average molecular weight is 836 g/mol. The van der Waals surface area contributed by atoms with Gasteiger partial charge >= 0.3 is 5.69 Å². The molecule has 312 valence electrons. The molecule has 4 heterocycles. The minimum atomic E-state index is -2.79. The number of hydrogen-bond acceptors (Lipinski definition) is 7. The zero-order chi connectivity index (χ0) is 42.7. The van der Waals surface area contributed by atoms with Gasteiger partial charge < -0.3 is 18.5 Å². The van der Waals surface area contributed by atoms with Crippen molar-refractivity contribution in [3.05, 3.63) is 130 Å². The smallest absolute Gasteiger partial charge is 0.338 e. The highest BCUT2D eigenvalue weighted by Gasteiger charge is 2.51. The molecule has 0 N–H and O–H groups in total. The number of rotatable bonds is 17. The van der Waals surface area contributed by atoms with Crippen molar-refractivity contribution in [3.63, 3.8) is 0 Å². The van der Waals surface area contributed by atoms with E-state index in [0.717, 1.165) is 11.6 Å². The van der Waals surface area contributed by atoms with Crippen molar-refractivity contribution in [1.82, 2.24) is 23.7 Å². The number of halogens is 1. The minimum Gasteiger partial charge on any atom is -0.487 e. The first-order valence-electron chi connectivity index (χ1n) is 20.4. The van der Waals surface area contributed by atoms with E-state index in [9.17, 15) is 9.59 Å². The maximum absolute atomic E-state index is 16.4. The molecule has 6 rings (SSSR count). The highest BCUT2D eigenvalue weighted by atomic mass is 28.4. The Kier molecular flexibility index (Phi) is 13.1. The molecular formula is C46H58FN5O5Si2. The molecule has 2 atom stereocenters. The zero-order valence-corrected chi connectivity index (χ0v) is 37.9. The summed E-state index contributed by atoms with van der Waals surface area (Å²) in [6.45, 7) is 24.0. The van der Waals surface area contributed by atoms with Gasteiger partial charge in [0.15, 0.2) is 22.7 Å². The molecule has 0 saturated heterocycles. The quantitative estimate of drug-likeness (QED) is 0.0516. The second-order valence-corrected chi connectivity index (χ2v) is 27.8. The Hall–Kier alpha value is -4.96. The maximum Gasteiger partial charge on any atom is 0.338 e.